The van der Waals surface area contributed by atoms with Gasteiger partial charge in [0, 0.05) is 10.8 Å². The second-order valence-electron chi connectivity index (χ2n) is 3.95. The molecule has 0 spiro atoms. The van der Waals surface area contributed by atoms with E-state index in [1.54, 1.807) is 0 Å². The number of cyclic esters (lactones) is 2. The van der Waals surface area contributed by atoms with E-state index in [4.69, 9.17) is 9.47 Å². The Hall–Kier alpha value is -0.780. The van der Waals surface area contributed by atoms with Crippen molar-refractivity contribution in [2.75, 3.05) is 11.0 Å². The smallest absolute Gasteiger partial charge is 0.434 e. The SMILES string of the molecule is Cc1cccc([C@@]2(CI)CCOC(=O)O2)c1. The molecule has 0 saturated carbocycles. The summed E-state index contributed by atoms with van der Waals surface area (Å²) < 4.78 is 11.0. The fourth-order valence-corrected chi connectivity index (χ4v) is 2.82. The molecular formula is C12H13IO3. The maximum Gasteiger partial charge on any atom is 0.509 e. The Kier molecular flexibility index (Phi) is 3.37. The lowest BCUT2D eigenvalue weighted by Crippen LogP contribution is -2.40. The van der Waals surface area contributed by atoms with Gasteiger partial charge in [0.15, 0.2) is 5.60 Å². The molecule has 86 valence electrons. The quantitative estimate of drug-likeness (QED) is 0.474. The molecule has 1 atom stereocenters. The molecule has 0 bridgehead atoms. The van der Waals surface area contributed by atoms with Gasteiger partial charge in [0.1, 0.15) is 0 Å². The Labute approximate surface area is 108 Å². The minimum atomic E-state index is -0.565. The first kappa shape index (κ1) is 11.7. The van der Waals surface area contributed by atoms with Crippen molar-refractivity contribution in [2.45, 2.75) is 18.9 Å². The van der Waals surface area contributed by atoms with Crippen LogP contribution in [-0.2, 0) is 15.1 Å². The Morgan fingerprint density at radius 3 is 2.94 bits per heavy atom. The molecule has 0 aliphatic carbocycles. The monoisotopic (exact) mass is 332 g/mol. The van der Waals surface area contributed by atoms with Crippen LogP contribution in [-0.4, -0.2) is 17.2 Å². The Morgan fingerprint density at radius 1 is 1.50 bits per heavy atom. The van der Waals surface area contributed by atoms with Gasteiger partial charge in [0.05, 0.1) is 6.61 Å². The normalized spacial score (nSPS) is 24.8. The highest BCUT2D eigenvalue weighted by Gasteiger charge is 2.39. The maximum atomic E-state index is 11.2. The van der Waals surface area contributed by atoms with Gasteiger partial charge in [-0.25, -0.2) is 4.79 Å². The average molecular weight is 332 g/mol. The van der Waals surface area contributed by atoms with Gasteiger partial charge in [-0.15, -0.1) is 0 Å². The molecule has 0 aromatic heterocycles. The number of alkyl halides is 1. The Morgan fingerprint density at radius 2 is 2.31 bits per heavy atom. The van der Waals surface area contributed by atoms with Crippen LogP contribution < -0.4 is 0 Å². The molecule has 1 aliphatic rings. The summed E-state index contributed by atoms with van der Waals surface area (Å²) in [6.07, 6.45) is 0.148. The lowest BCUT2D eigenvalue weighted by atomic mass is 9.91. The summed E-state index contributed by atoms with van der Waals surface area (Å²) >= 11 is 2.25. The molecule has 1 heterocycles. The van der Waals surface area contributed by atoms with Crippen LogP contribution in [0.5, 0.6) is 0 Å². The summed E-state index contributed by atoms with van der Waals surface area (Å²) in [6.45, 7) is 2.46. The molecule has 0 amide bonds. The molecule has 0 N–H and O–H groups in total. The van der Waals surface area contributed by atoms with Crippen molar-refractivity contribution in [3.63, 3.8) is 0 Å². The van der Waals surface area contributed by atoms with Gasteiger partial charge >= 0.3 is 6.16 Å². The molecule has 2 rings (SSSR count). The van der Waals surface area contributed by atoms with E-state index in [0.717, 1.165) is 9.99 Å². The van der Waals surface area contributed by atoms with Gasteiger partial charge in [-0.1, -0.05) is 52.4 Å². The second kappa shape index (κ2) is 4.61. The van der Waals surface area contributed by atoms with Gasteiger partial charge in [-0.2, -0.15) is 0 Å². The molecule has 1 aromatic carbocycles. The predicted octanol–water partition coefficient (Wildman–Crippen LogP) is 3.18. The Bertz CT molecular complexity index is 405. The summed E-state index contributed by atoms with van der Waals surface area (Å²) in [7, 11) is 0. The van der Waals surface area contributed by atoms with Crippen molar-refractivity contribution < 1.29 is 14.3 Å². The van der Waals surface area contributed by atoms with Gasteiger partial charge < -0.3 is 9.47 Å². The first-order valence-electron chi connectivity index (χ1n) is 5.15. The van der Waals surface area contributed by atoms with Crippen LogP contribution in [0.2, 0.25) is 0 Å². The van der Waals surface area contributed by atoms with E-state index in [-0.39, 0.29) is 0 Å². The van der Waals surface area contributed by atoms with E-state index < -0.39 is 11.8 Å². The number of carbonyl (C=O) groups is 1. The molecular weight excluding hydrogens is 319 g/mol. The van der Waals surface area contributed by atoms with Gasteiger partial charge in [0.25, 0.3) is 0 Å². The van der Waals surface area contributed by atoms with E-state index in [1.807, 2.05) is 25.1 Å². The van der Waals surface area contributed by atoms with Crippen molar-refractivity contribution in [2.24, 2.45) is 0 Å². The molecule has 0 unspecified atom stereocenters. The van der Waals surface area contributed by atoms with Crippen molar-refractivity contribution >= 4 is 28.7 Å². The summed E-state index contributed by atoms with van der Waals surface area (Å²) in [4.78, 5) is 11.2. The van der Waals surface area contributed by atoms with E-state index in [1.165, 1.54) is 5.56 Å². The van der Waals surface area contributed by atoms with Gasteiger partial charge in [-0.05, 0) is 12.5 Å². The molecule has 1 aliphatic heterocycles. The third-order valence-electron chi connectivity index (χ3n) is 2.76. The highest BCUT2D eigenvalue weighted by Crippen LogP contribution is 2.35. The lowest BCUT2D eigenvalue weighted by Gasteiger charge is -2.35. The molecule has 3 nitrogen and oxygen atoms in total. The van der Waals surface area contributed by atoms with Crippen LogP contribution in [0, 0.1) is 6.92 Å². The molecule has 16 heavy (non-hydrogen) atoms. The van der Waals surface area contributed by atoms with Crippen LogP contribution in [0.3, 0.4) is 0 Å². The third-order valence-corrected chi connectivity index (χ3v) is 4.00. The molecule has 4 heteroatoms. The van der Waals surface area contributed by atoms with Crippen molar-refractivity contribution in [1.29, 1.82) is 0 Å². The van der Waals surface area contributed by atoms with Gasteiger partial charge in [0.2, 0.25) is 0 Å². The zero-order valence-electron chi connectivity index (χ0n) is 9.03. The maximum absolute atomic E-state index is 11.2. The zero-order chi connectivity index (χ0) is 11.6. The van der Waals surface area contributed by atoms with E-state index in [0.29, 0.717) is 13.0 Å². The first-order valence-corrected chi connectivity index (χ1v) is 6.68. The van der Waals surface area contributed by atoms with Gasteiger partial charge in [-0.3, -0.25) is 0 Å². The fraction of sp³-hybridized carbons (Fsp3) is 0.417. The number of halogens is 1. The molecule has 0 radical (unpaired) electrons. The topological polar surface area (TPSA) is 35.5 Å². The number of carbonyl (C=O) groups excluding carboxylic acids is 1. The highest BCUT2D eigenvalue weighted by molar-refractivity contribution is 14.1. The summed E-state index contributed by atoms with van der Waals surface area (Å²) in [5.41, 5.74) is 1.71. The standard InChI is InChI=1S/C12H13IO3/c1-9-3-2-4-10(7-9)12(8-13)5-6-15-11(14)16-12/h2-4,7H,5-6,8H2,1H3/t12-/m0/s1. The number of ether oxygens (including phenoxy) is 2. The van der Waals surface area contributed by atoms with Crippen molar-refractivity contribution in [1.82, 2.24) is 0 Å². The van der Waals surface area contributed by atoms with Crippen molar-refractivity contribution in [3.8, 4) is 0 Å². The first-order chi connectivity index (χ1) is 7.66. The summed E-state index contributed by atoms with van der Waals surface area (Å²) in [6, 6.07) is 8.09. The van der Waals surface area contributed by atoms with Crippen LogP contribution >= 0.6 is 22.6 Å². The zero-order valence-corrected chi connectivity index (χ0v) is 11.2. The second-order valence-corrected chi connectivity index (χ2v) is 4.71. The summed E-state index contributed by atoms with van der Waals surface area (Å²) in [5, 5.41) is 0. The molecule has 1 aromatic rings. The van der Waals surface area contributed by atoms with Crippen LogP contribution in [0.4, 0.5) is 4.79 Å². The Balaban J connectivity index is 2.37. The van der Waals surface area contributed by atoms with Crippen molar-refractivity contribution in [3.05, 3.63) is 35.4 Å². The predicted molar refractivity (Wildman–Crippen MR) is 68.8 cm³/mol. The number of hydrogen-bond donors (Lipinski definition) is 0. The largest absolute Gasteiger partial charge is 0.509 e. The van der Waals surface area contributed by atoms with E-state index in [2.05, 4.69) is 28.7 Å². The number of hydrogen-bond acceptors (Lipinski definition) is 3. The number of rotatable bonds is 2. The number of aryl methyl sites for hydroxylation is 1. The van der Waals surface area contributed by atoms with Crippen LogP contribution in [0.25, 0.3) is 0 Å². The minimum Gasteiger partial charge on any atom is -0.434 e. The average Bonchev–Trinajstić information content (AvgIpc) is 2.29. The van der Waals surface area contributed by atoms with Crippen LogP contribution in [0.1, 0.15) is 17.5 Å². The van der Waals surface area contributed by atoms with Crippen LogP contribution in [0.15, 0.2) is 24.3 Å². The fourth-order valence-electron chi connectivity index (χ4n) is 1.84. The van der Waals surface area contributed by atoms with E-state index >= 15 is 0 Å². The number of benzene rings is 1. The molecule has 1 saturated heterocycles. The lowest BCUT2D eigenvalue weighted by molar-refractivity contribution is -0.0750. The third kappa shape index (κ3) is 2.16. The van der Waals surface area contributed by atoms with E-state index in [9.17, 15) is 4.79 Å². The minimum absolute atomic E-state index is 0.426. The highest BCUT2D eigenvalue weighted by atomic mass is 127. The molecule has 1 fully saturated rings. The summed E-state index contributed by atoms with van der Waals surface area (Å²) in [5.74, 6) is 0.